The summed E-state index contributed by atoms with van der Waals surface area (Å²) >= 11 is 11.5. The molecule has 2 rings (SSSR count). The number of amides is 1. The maximum atomic E-state index is 12.3. The van der Waals surface area contributed by atoms with E-state index in [0.717, 1.165) is 9.13 Å². The molecule has 1 N–H and O–H groups in total. The highest BCUT2D eigenvalue weighted by Crippen LogP contribution is 2.30. The lowest BCUT2D eigenvalue weighted by Gasteiger charge is -2.10. The molecule has 0 radical (unpaired) electrons. The highest BCUT2D eigenvalue weighted by molar-refractivity contribution is 14.1. The molecule has 1 amide bonds. The molecule has 0 heterocycles. The molecule has 0 aliphatic rings. The fourth-order valence-electron chi connectivity index (χ4n) is 1.61. The molecule has 0 saturated heterocycles. The van der Waals surface area contributed by atoms with Crippen molar-refractivity contribution in [3.05, 3.63) is 60.6 Å². The lowest BCUT2D eigenvalue weighted by atomic mass is 10.1. The van der Waals surface area contributed by atoms with Gasteiger partial charge < -0.3 is 5.32 Å². The standard InChI is InChI=1S/C14H10BrClINO/c1-8-4-2-5-9(13(8)17)14(19)18-11-7-3-6-10(16)12(11)15/h2-7H,1H3,(H,18,19). The molecule has 0 bridgehead atoms. The van der Waals surface area contributed by atoms with Gasteiger partial charge >= 0.3 is 0 Å². The Morgan fingerprint density at radius 1 is 1.26 bits per heavy atom. The number of aryl methyl sites for hydroxylation is 1. The highest BCUT2D eigenvalue weighted by Gasteiger charge is 2.13. The molecule has 0 atom stereocenters. The summed E-state index contributed by atoms with van der Waals surface area (Å²) in [6.07, 6.45) is 0. The van der Waals surface area contributed by atoms with Crippen molar-refractivity contribution < 1.29 is 4.79 Å². The second-order valence-corrected chi connectivity index (χ2v) is 6.27. The third-order valence-corrected chi connectivity index (χ3v) is 5.47. The van der Waals surface area contributed by atoms with Crippen molar-refractivity contribution in [2.24, 2.45) is 0 Å². The summed E-state index contributed by atoms with van der Waals surface area (Å²) in [5, 5.41) is 3.43. The van der Waals surface area contributed by atoms with Crippen molar-refractivity contribution in [1.29, 1.82) is 0 Å². The number of benzene rings is 2. The van der Waals surface area contributed by atoms with Crippen LogP contribution in [-0.4, -0.2) is 5.91 Å². The first kappa shape index (κ1) is 14.8. The summed E-state index contributed by atoms with van der Waals surface area (Å²) < 4.78 is 1.64. The number of nitrogens with one attached hydrogen (secondary N) is 1. The normalized spacial score (nSPS) is 10.3. The Bertz CT molecular complexity index is 645. The van der Waals surface area contributed by atoms with Crippen LogP contribution >= 0.6 is 50.1 Å². The number of halogens is 3. The Balaban J connectivity index is 2.31. The lowest BCUT2D eigenvalue weighted by Crippen LogP contribution is -2.14. The first-order valence-corrected chi connectivity index (χ1v) is 7.76. The molecule has 0 unspecified atom stereocenters. The summed E-state index contributed by atoms with van der Waals surface area (Å²) in [4.78, 5) is 12.3. The molecule has 0 spiro atoms. The molecule has 5 heteroatoms. The van der Waals surface area contributed by atoms with Gasteiger partial charge in [-0.3, -0.25) is 4.79 Å². The van der Waals surface area contributed by atoms with Crippen LogP contribution in [0.2, 0.25) is 5.02 Å². The van der Waals surface area contributed by atoms with Crippen molar-refractivity contribution in [2.75, 3.05) is 5.32 Å². The monoisotopic (exact) mass is 449 g/mol. The van der Waals surface area contributed by atoms with Crippen LogP contribution in [0.25, 0.3) is 0 Å². The van der Waals surface area contributed by atoms with E-state index in [4.69, 9.17) is 11.6 Å². The van der Waals surface area contributed by atoms with Gasteiger partial charge in [0.1, 0.15) is 0 Å². The van der Waals surface area contributed by atoms with Crippen LogP contribution in [0.3, 0.4) is 0 Å². The molecule has 98 valence electrons. The Kier molecular flexibility index (Phi) is 4.86. The number of carbonyl (C=O) groups is 1. The Labute approximate surface area is 138 Å². The van der Waals surface area contributed by atoms with Gasteiger partial charge in [-0.2, -0.15) is 0 Å². The third-order valence-electron chi connectivity index (χ3n) is 2.64. The van der Waals surface area contributed by atoms with Crippen LogP contribution in [0.4, 0.5) is 5.69 Å². The molecular formula is C14H10BrClINO. The molecular weight excluding hydrogens is 440 g/mol. The molecule has 0 aliphatic carbocycles. The van der Waals surface area contributed by atoms with Gasteiger partial charge in [0.25, 0.3) is 5.91 Å². The predicted octanol–water partition coefficient (Wildman–Crippen LogP) is 5.27. The van der Waals surface area contributed by atoms with Crippen LogP contribution in [0, 0.1) is 10.5 Å². The zero-order valence-electron chi connectivity index (χ0n) is 10.0. The maximum Gasteiger partial charge on any atom is 0.256 e. The van der Waals surface area contributed by atoms with E-state index in [1.54, 1.807) is 18.2 Å². The van der Waals surface area contributed by atoms with Crippen LogP contribution < -0.4 is 5.32 Å². The predicted molar refractivity (Wildman–Crippen MR) is 91.0 cm³/mol. The van der Waals surface area contributed by atoms with Crippen LogP contribution in [0.5, 0.6) is 0 Å². The smallest absolute Gasteiger partial charge is 0.256 e. The topological polar surface area (TPSA) is 29.1 Å². The second-order valence-electron chi connectivity index (χ2n) is 3.99. The summed E-state index contributed by atoms with van der Waals surface area (Å²) in [5.74, 6) is -0.143. The van der Waals surface area contributed by atoms with E-state index in [9.17, 15) is 4.79 Å². The lowest BCUT2D eigenvalue weighted by molar-refractivity contribution is 0.102. The van der Waals surface area contributed by atoms with E-state index in [1.807, 2.05) is 25.1 Å². The van der Waals surface area contributed by atoms with Crippen LogP contribution in [0.15, 0.2) is 40.9 Å². The minimum atomic E-state index is -0.143. The van der Waals surface area contributed by atoms with Gasteiger partial charge in [-0.05, 0) is 69.2 Å². The molecule has 2 aromatic carbocycles. The Morgan fingerprint density at radius 3 is 2.68 bits per heavy atom. The van der Waals surface area contributed by atoms with E-state index in [2.05, 4.69) is 43.8 Å². The van der Waals surface area contributed by atoms with Crippen molar-refractivity contribution in [3.63, 3.8) is 0 Å². The quantitative estimate of drug-likeness (QED) is 0.621. The number of anilines is 1. The third kappa shape index (κ3) is 3.30. The Hall–Kier alpha value is -0.590. The molecule has 0 aliphatic heterocycles. The number of hydrogen-bond acceptors (Lipinski definition) is 1. The fourth-order valence-corrected chi connectivity index (χ4v) is 2.76. The van der Waals surface area contributed by atoms with E-state index >= 15 is 0 Å². The average Bonchev–Trinajstić information content (AvgIpc) is 2.38. The van der Waals surface area contributed by atoms with E-state index in [1.165, 1.54) is 0 Å². The first-order valence-electron chi connectivity index (χ1n) is 5.51. The van der Waals surface area contributed by atoms with Crippen molar-refractivity contribution in [2.45, 2.75) is 6.92 Å². The fraction of sp³-hybridized carbons (Fsp3) is 0.0714. The molecule has 0 saturated carbocycles. The van der Waals surface area contributed by atoms with Gasteiger partial charge in [0, 0.05) is 3.57 Å². The van der Waals surface area contributed by atoms with E-state index < -0.39 is 0 Å². The van der Waals surface area contributed by atoms with Crippen LogP contribution in [0.1, 0.15) is 15.9 Å². The summed E-state index contributed by atoms with van der Waals surface area (Å²) in [5.41, 5.74) is 2.40. The molecule has 2 aromatic rings. The van der Waals surface area contributed by atoms with Crippen molar-refractivity contribution >= 4 is 61.7 Å². The van der Waals surface area contributed by atoms with Gasteiger partial charge in [0.15, 0.2) is 0 Å². The van der Waals surface area contributed by atoms with Crippen molar-refractivity contribution in [1.82, 2.24) is 0 Å². The van der Waals surface area contributed by atoms with Gasteiger partial charge in [0.05, 0.1) is 20.7 Å². The SMILES string of the molecule is Cc1cccc(C(=O)Nc2cccc(Cl)c2Br)c1I. The Morgan fingerprint density at radius 2 is 1.95 bits per heavy atom. The maximum absolute atomic E-state index is 12.3. The minimum Gasteiger partial charge on any atom is -0.321 e. The number of rotatable bonds is 2. The van der Waals surface area contributed by atoms with Gasteiger partial charge in [-0.25, -0.2) is 0 Å². The summed E-state index contributed by atoms with van der Waals surface area (Å²) in [6, 6.07) is 11.0. The summed E-state index contributed by atoms with van der Waals surface area (Å²) in [6.45, 7) is 1.98. The van der Waals surface area contributed by atoms with Gasteiger partial charge in [-0.1, -0.05) is 29.8 Å². The van der Waals surface area contributed by atoms with E-state index in [-0.39, 0.29) is 5.91 Å². The molecule has 2 nitrogen and oxygen atoms in total. The van der Waals surface area contributed by atoms with Gasteiger partial charge in [0.2, 0.25) is 0 Å². The molecule has 0 aromatic heterocycles. The van der Waals surface area contributed by atoms with Crippen molar-refractivity contribution in [3.8, 4) is 0 Å². The molecule has 0 fully saturated rings. The minimum absolute atomic E-state index is 0.143. The zero-order valence-corrected chi connectivity index (χ0v) is 14.5. The van der Waals surface area contributed by atoms with Gasteiger partial charge in [-0.15, -0.1) is 0 Å². The summed E-state index contributed by atoms with van der Waals surface area (Å²) in [7, 11) is 0. The van der Waals surface area contributed by atoms with E-state index in [0.29, 0.717) is 20.7 Å². The van der Waals surface area contributed by atoms with Crippen LogP contribution in [-0.2, 0) is 0 Å². The second kappa shape index (κ2) is 6.24. The first-order chi connectivity index (χ1) is 9.00. The highest BCUT2D eigenvalue weighted by atomic mass is 127. The zero-order chi connectivity index (χ0) is 14.0. The number of carbonyl (C=O) groups excluding carboxylic acids is 1. The average molecular weight is 451 g/mol. The largest absolute Gasteiger partial charge is 0.321 e. The molecule has 19 heavy (non-hydrogen) atoms. The number of hydrogen-bond donors (Lipinski definition) is 1.